The van der Waals surface area contributed by atoms with Crippen molar-refractivity contribution >= 4 is 5.91 Å². The van der Waals surface area contributed by atoms with Gasteiger partial charge in [-0.1, -0.05) is 35.9 Å². The average molecular weight is 283 g/mol. The number of amides is 1. The minimum atomic E-state index is 0.0125. The molecule has 0 N–H and O–H groups in total. The Morgan fingerprint density at radius 1 is 1.14 bits per heavy atom. The highest BCUT2D eigenvalue weighted by Gasteiger charge is 2.10. The first-order valence-corrected chi connectivity index (χ1v) is 7.14. The monoisotopic (exact) mass is 283 g/mol. The highest BCUT2D eigenvalue weighted by atomic mass is 16.5. The minimum Gasteiger partial charge on any atom is -0.489 e. The summed E-state index contributed by atoms with van der Waals surface area (Å²) in [6, 6.07) is 15.5. The fourth-order valence-corrected chi connectivity index (χ4v) is 2.05. The summed E-state index contributed by atoms with van der Waals surface area (Å²) in [5, 5.41) is 0. The van der Waals surface area contributed by atoms with E-state index in [9.17, 15) is 4.79 Å². The highest BCUT2D eigenvalue weighted by molar-refractivity contribution is 5.94. The summed E-state index contributed by atoms with van der Waals surface area (Å²) in [7, 11) is 1.79. The maximum Gasteiger partial charge on any atom is 0.253 e. The number of benzene rings is 2. The summed E-state index contributed by atoms with van der Waals surface area (Å²) < 4.78 is 5.78. The van der Waals surface area contributed by atoms with Gasteiger partial charge in [0, 0.05) is 19.2 Å². The zero-order valence-corrected chi connectivity index (χ0v) is 12.8. The van der Waals surface area contributed by atoms with Crippen LogP contribution in [-0.4, -0.2) is 24.4 Å². The number of hydrogen-bond acceptors (Lipinski definition) is 2. The van der Waals surface area contributed by atoms with Gasteiger partial charge in [0.05, 0.1) is 0 Å². The lowest BCUT2D eigenvalue weighted by atomic mass is 10.1. The number of nitrogens with zero attached hydrogens (tertiary/aromatic N) is 1. The van der Waals surface area contributed by atoms with Crippen molar-refractivity contribution in [3.05, 3.63) is 65.2 Å². The van der Waals surface area contributed by atoms with Crippen molar-refractivity contribution in [2.75, 3.05) is 13.6 Å². The molecular formula is C18H21NO2. The SMILES string of the molecule is CCN(C)C(=O)c1cccc(OCc2cccc(C)c2)c1. The molecule has 2 rings (SSSR count). The fourth-order valence-electron chi connectivity index (χ4n) is 2.05. The molecule has 1 amide bonds. The van der Waals surface area contributed by atoms with E-state index < -0.39 is 0 Å². The normalized spacial score (nSPS) is 10.2. The van der Waals surface area contributed by atoms with Crippen molar-refractivity contribution in [3.8, 4) is 5.75 Å². The average Bonchev–Trinajstić information content (AvgIpc) is 2.52. The van der Waals surface area contributed by atoms with Crippen molar-refractivity contribution in [1.29, 1.82) is 0 Å². The van der Waals surface area contributed by atoms with E-state index in [0.717, 1.165) is 5.56 Å². The second kappa shape index (κ2) is 6.93. The molecule has 0 unspecified atom stereocenters. The summed E-state index contributed by atoms with van der Waals surface area (Å²) in [5.41, 5.74) is 2.99. The Labute approximate surface area is 126 Å². The third-order valence-electron chi connectivity index (χ3n) is 3.39. The molecule has 0 atom stereocenters. The van der Waals surface area contributed by atoms with E-state index in [-0.39, 0.29) is 5.91 Å². The predicted molar refractivity (Wildman–Crippen MR) is 84.6 cm³/mol. The number of ether oxygens (including phenoxy) is 1. The largest absolute Gasteiger partial charge is 0.489 e. The van der Waals surface area contributed by atoms with Gasteiger partial charge in [0.1, 0.15) is 12.4 Å². The second-order valence-electron chi connectivity index (χ2n) is 5.12. The first kappa shape index (κ1) is 15.1. The summed E-state index contributed by atoms with van der Waals surface area (Å²) in [5.74, 6) is 0.727. The molecule has 0 aliphatic carbocycles. The number of carbonyl (C=O) groups is 1. The summed E-state index contributed by atoms with van der Waals surface area (Å²) in [6.07, 6.45) is 0. The Balaban J connectivity index is 2.06. The lowest BCUT2D eigenvalue weighted by Gasteiger charge is -2.15. The van der Waals surface area contributed by atoms with Crippen molar-refractivity contribution < 1.29 is 9.53 Å². The van der Waals surface area contributed by atoms with Gasteiger partial charge in [0.2, 0.25) is 0 Å². The number of aryl methyl sites for hydroxylation is 1. The molecular weight excluding hydrogens is 262 g/mol. The van der Waals surface area contributed by atoms with Crippen LogP contribution < -0.4 is 4.74 Å². The van der Waals surface area contributed by atoms with Gasteiger partial charge >= 0.3 is 0 Å². The summed E-state index contributed by atoms with van der Waals surface area (Å²) in [6.45, 7) is 5.20. The zero-order valence-electron chi connectivity index (χ0n) is 12.8. The third-order valence-corrected chi connectivity index (χ3v) is 3.39. The van der Waals surface area contributed by atoms with Crippen LogP contribution in [0.3, 0.4) is 0 Å². The standard InChI is InChI=1S/C18H21NO2/c1-4-19(3)18(20)16-9-6-10-17(12-16)21-13-15-8-5-7-14(2)11-15/h5-12H,4,13H2,1-3H3. The van der Waals surface area contributed by atoms with Gasteiger partial charge < -0.3 is 9.64 Å². The lowest BCUT2D eigenvalue weighted by Crippen LogP contribution is -2.26. The van der Waals surface area contributed by atoms with E-state index in [4.69, 9.17) is 4.74 Å². The maximum absolute atomic E-state index is 12.1. The molecule has 3 heteroatoms. The third kappa shape index (κ3) is 4.09. The molecule has 0 heterocycles. The molecule has 0 radical (unpaired) electrons. The number of hydrogen-bond donors (Lipinski definition) is 0. The van der Waals surface area contributed by atoms with Crippen LogP contribution in [0.15, 0.2) is 48.5 Å². The van der Waals surface area contributed by atoms with Gasteiger partial charge in [-0.2, -0.15) is 0 Å². The Morgan fingerprint density at radius 2 is 1.90 bits per heavy atom. The van der Waals surface area contributed by atoms with E-state index >= 15 is 0 Å². The van der Waals surface area contributed by atoms with E-state index in [1.54, 1.807) is 18.0 Å². The van der Waals surface area contributed by atoms with E-state index in [0.29, 0.717) is 24.5 Å². The fraction of sp³-hybridized carbons (Fsp3) is 0.278. The summed E-state index contributed by atoms with van der Waals surface area (Å²) in [4.78, 5) is 13.8. The molecule has 110 valence electrons. The molecule has 0 aliphatic heterocycles. The zero-order chi connectivity index (χ0) is 15.2. The van der Waals surface area contributed by atoms with Gasteiger partial charge in [-0.3, -0.25) is 4.79 Å². The molecule has 0 saturated heterocycles. The molecule has 2 aromatic rings. The number of rotatable bonds is 5. The molecule has 0 bridgehead atoms. The van der Waals surface area contributed by atoms with Crippen molar-refractivity contribution in [1.82, 2.24) is 4.90 Å². The van der Waals surface area contributed by atoms with E-state index in [1.165, 1.54) is 5.56 Å². The van der Waals surface area contributed by atoms with E-state index in [1.807, 2.05) is 37.3 Å². The Morgan fingerprint density at radius 3 is 2.62 bits per heavy atom. The van der Waals surface area contributed by atoms with Crippen LogP contribution >= 0.6 is 0 Å². The van der Waals surface area contributed by atoms with Crippen molar-refractivity contribution in [3.63, 3.8) is 0 Å². The quantitative estimate of drug-likeness (QED) is 0.838. The molecule has 0 aromatic heterocycles. The van der Waals surface area contributed by atoms with Gasteiger partial charge in [-0.15, -0.1) is 0 Å². The Kier molecular flexibility index (Phi) is 4.99. The van der Waals surface area contributed by atoms with Gasteiger partial charge in [0.25, 0.3) is 5.91 Å². The Hall–Kier alpha value is -2.29. The highest BCUT2D eigenvalue weighted by Crippen LogP contribution is 2.16. The molecule has 0 spiro atoms. The molecule has 21 heavy (non-hydrogen) atoms. The minimum absolute atomic E-state index is 0.0125. The van der Waals surface area contributed by atoms with Crippen LogP contribution in [0.2, 0.25) is 0 Å². The first-order chi connectivity index (χ1) is 10.1. The van der Waals surface area contributed by atoms with Crippen molar-refractivity contribution in [2.45, 2.75) is 20.5 Å². The number of carbonyl (C=O) groups excluding carboxylic acids is 1. The lowest BCUT2D eigenvalue weighted by molar-refractivity contribution is 0.0802. The van der Waals surface area contributed by atoms with Gasteiger partial charge in [0.15, 0.2) is 0 Å². The van der Waals surface area contributed by atoms with Crippen LogP contribution in [0.1, 0.15) is 28.4 Å². The predicted octanol–water partition coefficient (Wildman–Crippen LogP) is 3.67. The molecule has 3 nitrogen and oxygen atoms in total. The second-order valence-corrected chi connectivity index (χ2v) is 5.12. The first-order valence-electron chi connectivity index (χ1n) is 7.14. The van der Waals surface area contributed by atoms with Gasteiger partial charge in [-0.05, 0) is 37.6 Å². The van der Waals surface area contributed by atoms with Crippen LogP contribution in [-0.2, 0) is 6.61 Å². The Bertz CT molecular complexity index is 622. The van der Waals surface area contributed by atoms with Gasteiger partial charge in [-0.25, -0.2) is 0 Å². The molecule has 0 aliphatic rings. The molecule has 0 saturated carbocycles. The van der Waals surface area contributed by atoms with Crippen LogP contribution in [0.5, 0.6) is 5.75 Å². The summed E-state index contributed by atoms with van der Waals surface area (Å²) >= 11 is 0. The maximum atomic E-state index is 12.1. The molecule has 0 fully saturated rings. The smallest absolute Gasteiger partial charge is 0.253 e. The van der Waals surface area contributed by atoms with Crippen molar-refractivity contribution in [2.24, 2.45) is 0 Å². The van der Waals surface area contributed by atoms with Crippen LogP contribution in [0.4, 0.5) is 0 Å². The van der Waals surface area contributed by atoms with E-state index in [2.05, 4.69) is 19.1 Å². The van der Waals surface area contributed by atoms with Crippen LogP contribution in [0, 0.1) is 6.92 Å². The molecule has 2 aromatic carbocycles. The van der Waals surface area contributed by atoms with Crippen LogP contribution in [0.25, 0.3) is 0 Å². The topological polar surface area (TPSA) is 29.5 Å².